The molecule has 0 bridgehead atoms. The summed E-state index contributed by atoms with van der Waals surface area (Å²) in [5.41, 5.74) is 7.08. The highest BCUT2D eigenvalue weighted by Crippen LogP contribution is 2.38. The molecule has 7 nitrogen and oxygen atoms in total. The molecule has 38 heavy (non-hydrogen) atoms. The van der Waals surface area contributed by atoms with Crippen LogP contribution < -0.4 is 9.47 Å². The zero-order chi connectivity index (χ0) is 28.0. The summed E-state index contributed by atoms with van der Waals surface area (Å²) >= 11 is 0. The number of ether oxygens (including phenoxy) is 4. The van der Waals surface area contributed by atoms with Crippen LogP contribution in [0.15, 0.2) is 30.3 Å². The Balaban J connectivity index is 2.15. The molecular formula is C31H37NO6. The maximum atomic E-state index is 13.1. The summed E-state index contributed by atoms with van der Waals surface area (Å²) in [6.45, 7) is 16.2. The van der Waals surface area contributed by atoms with Crippen molar-refractivity contribution >= 4 is 11.9 Å². The molecule has 0 radical (unpaired) electrons. The predicted octanol–water partition coefficient (Wildman–Crippen LogP) is 6.62. The van der Waals surface area contributed by atoms with Gasteiger partial charge in [0.05, 0.1) is 42.3 Å². The molecule has 0 fully saturated rings. The molecule has 0 aliphatic heterocycles. The molecule has 0 N–H and O–H groups in total. The molecule has 3 aromatic rings. The first-order valence-electron chi connectivity index (χ1n) is 12.9. The summed E-state index contributed by atoms with van der Waals surface area (Å²) in [4.78, 5) is 30.6. The van der Waals surface area contributed by atoms with E-state index < -0.39 is 11.9 Å². The number of carbonyl (C=O) groups excluding carboxylic acids is 2. The van der Waals surface area contributed by atoms with Crippen molar-refractivity contribution in [3.05, 3.63) is 75.1 Å². The van der Waals surface area contributed by atoms with E-state index in [0.29, 0.717) is 47.2 Å². The third kappa shape index (κ3) is 6.15. The smallest absolute Gasteiger partial charge is 0.340 e. The molecule has 0 amide bonds. The van der Waals surface area contributed by atoms with E-state index in [1.165, 1.54) is 11.1 Å². The van der Waals surface area contributed by atoms with Crippen molar-refractivity contribution in [1.29, 1.82) is 0 Å². The molecule has 0 spiro atoms. The molecule has 0 aliphatic rings. The number of carbonyl (C=O) groups is 2. The normalized spacial score (nSPS) is 10.7. The lowest BCUT2D eigenvalue weighted by molar-refractivity contribution is 0.0525. The monoisotopic (exact) mass is 519 g/mol. The third-order valence-corrected chi connectivity index (χ3v) is 6.39. The van der Waals surface area contributed by atoms with Crippen LogP contribution in [0.3, 0.4) is 0 Å². The molecule has 0 saturated heterocycles. The Kier molecular flexibility index (Phi) is 9.50. The van der Waals surface area contributed by atoms with Crippen LogP contribution in [0.4, 0.5) is 0 Å². The molecule has 0 aliphatic carbocycles. The first-order chi connectivity index (χ1) is 18.1. The Morgan fingerprint density at radius 2 is 1.26 bits per heavy atom. The van der Waals surface area contributed by atoms with Crippen LogP contribution in [-0.4, -0.2) is 36.7 Å². The quantitative estimate of drug-likeness (QED) is 0.278. The van der Waals surface area contributed by atoms with Crippen LogP contribution in [0.2, 0.25) is 0 Å². The molecule has 3 rings (SSSR count). The number of aromatic nitrogens is 1. The fourth-order valence-corrected chi connectivity index (χ4v) is 4.43. The van der Waals surface area contributed by atoms with Crippen molar-refractivity contribution in [3.8, 4) is 22.6 Å². The molecule has 2 aromatic carbocycles. The van der Waals surface area contributed by atoms with Crippen molar-refractivity contribution in [1.82, 2.24) is 4.98 Å². The van der Waals surface area contributed by atoms with Crippen molar-refractivity contribution in [2.45, 2.75) is 62.0 Å². The van der Waals surface area contributed by atoms with Gasteiger partial charge in [0.1, 0.15) is 6.61 Å². The van der Waals surface area contributed by atoms with E-state index in [1.807, 2.05) is 13.0 Å². The number of benzene rings is 2. The Morgan fingerprint density at radius 3 is 1.82 bits per heavy atom. The van der Waals surface area contributed by atoms with Gasteiger partial charge < -0.3 is 18.9 Å². The van der Waals surface area contributed by atoms with Crippen molar-refractivity contribution < 1.29 is 28.5 Å². The van der Waals surface area contributed by atoms with Crippen LogP contribution in [0, 0.1) is 34.6 Å². The van der Waals surface area contributed by atoms with Crippen molar-refractivity contribution in [2.75, 3.05) is 19.8 Å². The van der Waals surface area contributed by atoms with E-state index in [-0.39, 0.29) is 24.3 Å². The summed E-state index contributed by atoms with van der Waals surface area (Å²) in [7, 11) is 0. The SMILES string of the molecule is CCOC(=O)c1c(C)nc(C)c(C(=O)OCC)c1-c1ccc(OCc2cc(C)c(C)cc2C)c(OCC)c1. The molecular weight excluding hydrogens is 482 g/mol. The first-order valence-corrected chi connectivity index (χ1v) is 12.9. The number of aryl methyl sites for hydroxylation is 5. The highest BCUT2D eigenvalue weighted by atomic mass is 16.5. The Labute approximate surface area is 225 Å². The lowest BCUT2D eigenvalue weighted by Crippen LogP contribution is -2.17. The highest BCUT2D eigenvalue weighted by Gasteiger charge is 2.28. The van der Waals surface area contributed by atoms with Gasteiger partial charge in [0.15, 0.2) is 11.5 Å². The summed E-state index contributed by atoms with van der Waals surface area (Å²) < 4.78 is 22.8. The maximum absolute atomic E-state index is 13.1. The van der Waals surface area contributed by atoms with Gasteiger partial charge in [-0.25, -0.2) is 9.59 Å². The van der Waals surface area contributed by atoms with Crippen LogP contribution in [0.25, 0.3) is 11.1 Å². The van der Waals surface area contributed by atoms with Gasteiger partial charge in [-0.3, -0.25) is 4.98 Å². The predicted molar refractivity (Wildman–Crippen MR) is 147 cm³/mol. The van der Waals surface area contributed by atoms with Crippen LogP contribution in [0.1, 0.15) is 75.1 Å². The molecule has 1 heterocycles. The van der Waals surface area contributed by atoms with E-state index in [9.17, 15) is 9.59 Å². The Morgan fingerprint density at radius 1 is 0.684 bits per heavy atom. The van der Waals surface area contributed by atoms with Gasteiger partial charge in [-0.1, -0.05) is 18.2 Å². The number of esters is 2. The number of nitrogens with zero attached hydrogens (tertiary/aromatic N) is 1. The number of hydrogen-bond donors (Lipinski definition) is 0. The zero-order valence-electron chi connectivity index (χ0n) is 23.6. The summed E-state index contributed by atoms with van der Waals surface area (Å²) in [6, 6.07) is 9.68. The van der Waals surface area contributed by atoms with Gasteiger partial charge in [0.25, 0.3) is 0 Å². The van der Waals surface area contributed by atoms with Gasteiger partial charge >= 0.3 is 11.9 Å². The van der Waals surface area contributed by atoms with E-state index in [2.05, 4.69) is 37.9 Å². The van der Waals surface area contributed by atoms with Gasteiger partial charge in [0.2, 0.25) is 0 Å². The fourth-order valence-electron chi connectivity index (χ4n) is 4.43. The second kappa shape index (κ2) is 12.6. The molecule has 1 aromatic heterocycles. The highest BCUT2D eigenvalue weighted by molar-refractivity contribution is 6.07. The third-order valence-electron chi connectivity index (χ3n) is 6.39. The number of pyridine rings is 1. The second-order valence-electron chi connectivity index (χ2n) is 9.09. The molecule has 7 heteroatoms. The van der Waals surface area contributed by atoms with Crippen molar-refractivity contribution in [3.63, 3.8) is 0 Å². The van der Waals surface area contributed by atoms with Gasteiger partial charge in [-0.15, -0.1) is 0 Å². The first kappa shape index (κ1) is 28.7. The molecule has 0 atom stereocenters. The largest absolute Gasteiger partial charge is 0.490 e. The van der Waals surface area contributed by atoms with E-state index in [4.69, 9.17) is 18.9 Å². The summed E-state index contributed by atoms with van der Waals surface area (Å²) in [5, 5.41) is 0. The number of hydrogen-bond acceptors (Lipinski definition) is 7. The van der Waals surface area contributed by atoms with Gasteiger partial charge in [-0.2, -0.15) is 0 Å². The van der Waals surface area contributed by atoms with Gasteiger partial charge in [-0.05, 0) is 95.3 Å². The fraction of sp³-hybridized carbons (Fsp3) is 0.387. The second-order valence-corrected chi connectivity index (χ2v) is 9.09. The topological polar surface area (TPSA) is 84.0 Å². The van der Waals surface area contributed by atoms with Crippen LogP contribution in [-0.2, 0) is 16.1 Å². The number of rotatable bonds is 10. The van der Waals surface area contributed by atoms with Crippen LogP contribution in [0.5, 0.6) is 11.5 Å². The lowest BCUT2D eigenvalue weighted by Gasteiger charge is -2.19. The zero-order valence-corrected chi connectivity index (χ0v) is 23.6. The molecule has 0 unspecified atom stereocenters. The summed E-state index contributed by atoms with van der Waals surface area (Å²) in [6.07, 6.45) is 0. The minimum Gasteiger partial charge on any atom is -0.490 e. The minimum absolute atomic E-state index is 0.190. The average molecular weight is 520 g/mol. The van der Waals surface area contributed by atoms with E-state index in [1.54, 1.807) is 39.8 Å². The van der Waals surface area contributed by atoms with Crippen LogP contribution >= 0.6 is 0 Å². The molecule has 202 valence electrons. The maximum Gasteiger partial charge on any atom is 0.340 e. The standard InChI is InChI=1S/C31H37NO6/c1-9-35-26-16-23(12-13-25(26)38-17-24-15-19(5)18(4)14-20(24)6)29-27(30(33)36-10-2)21(7)32-22(8)28(29)31(34)37-11-3/h12-16H,9-11,17H2,1-8H3. The Hall–Kier alpha value is -3.87. The van der Waals surface area contributed by atoms with Crippen molar-refractivity contribution in [2.24, 2.45) is 0 Å². The lowest BCUT2D eigenvalue weighted by atomic mass is 9.92. The Bertz CT molecular complexity index is 1300. The summed E-state index contributed by atoms with van der Waals surface area (Å²) in [5.74, 6) is -0.0441. The van der Waals surface area contributed by atoms with Gasteiger partial charge in [0, 0.05) is 5.56 Å². The molecule has 0 saturated carbocycles. The van der Waals surface area contributed by atoms with E-state index in [0.717, 1.165) is 11.1 Å². The minimum atomic E-state index is -0.554. The average Bonchev–Trinajstić information content (AvgIpc) is 2.85. The van der Waals surface area contributed by atoms with E-state index >= 15 is 0 Å².